The first-order valence-electron chi connectivity index (χ1n) is 15.0. The van der Waals surface area contributed by atoms with Crippen LogP contribution in [0.25, 0.3) is 0 Å². The number of amides is 3. The molecule has 2 heterocycles. The Balaban J connectivity index is 1.43. The van der Waals surface area contributed by atoms with Crippen LogP contribution in [0.15, 0.2) is 41.2 Å². The molecular formula is C32H36N8O4. The Hall–Kier alpha value is -4.76. The number of nitrogens with zero attached hydrogens (tertiary/aromatic N) is 3. The van der Waals surface area contributed by atoms with Gasteiger partial charge >= 0.3 is 5.69 Å². The highest BCUT2D eigenvalue weighted by Gasteiger charge is 2.54. The third kappa shape index (κ3) is 4.97. The molecule has 12 nitrogen and oxygen atoms in total. The lowest BCUT2D eigenvalue weighted by Gasteiger charge is -2.37. The van der Waals surface area contributed by atoms with E-state index in [2.05, 4.69) is 37.2 Å². The molecule has 0 unspecified atom stereocenters. The van der Waals surface area contributed by atoms with Crippen molar-refractivity contribution in [3.8, 4) is 6.07 Å². The average molecular weight is 597 g/mol. The summed E-state index contributed by atoms with van der Waals surface area (Å²) < 4.78 is 0. The largest absolute Gasteiger partial charge is 0.355 e. The number of hydrogen-bond acceptors (Lipinski definition) is 7. The number of hydrogen-bond donors (Lipinski definition) is 5. The number of rotatable bonds is 8. The summed E-state index contributed by atoms with van der Waals surface area (Å²) in [5.41, 5.74) is 3.17. The first-order valence-corrected chi connectivity index (χ1v) is 15.0. The van der Waals surface area contributed by atoms with Crippen molar-refractivity contribution in [3.05, 3.63) is 86.1 Å². The van der Waals surface area contributed by atoms with E-state index < -0.39 is 11.1 Å². The van der Waals surface area contributed by atoms with Gasteiger partial charge in [-0.15, -0.1) is 0 Å². The fourth-order valence-electron chi connectivity index (χ4n) is 7.28. The molecule has 1 aromatic heterocycles. The Morgan fingerprint density at radius 1 is 1.05 bits per heavy atom. The molecule has 2 aromatic carbocycles. The number of benzene rings is 2. The van der Waals surface area contributed by atoms with Crippen LogP contribution in [-0.4, -0.2) is 76.6 Å². The Bertz CT molecular complexity index is 1670. The molecule has 4 atom stereocenters. The Morgan fingerprint density at radius 2 is 1.66 bits per heavy atom. The van der Waals surface area contributed by atoms with E-state index in [4.69, 9.17) is 0 Å². The number of likely N-dealkylation sites (tertiary alicyclic amines) is 1. The van der Waals surface area contributed by atoms with Gasteiger partial charge < -0.3 is 20.9 Å². The minimum atomic E-state index is -0.997. The van der Waals surface area contributed by atoms with E-state index in [1.54, 1.807) is 31.1 Å². The number of aryl methyl sites for hydroxylation is 2. The van der Waals surface area contributed by atoms with Crippen LogP contribution in [0.2, 0.25) is 0 Å². The molecule has 2 aliphatic carbocycles. The van der Waals surface area contributed by atoms with Crippen LogP contribution >= 0.6 is 0 Å². The van der Waals surface area contributed by atoms with Crippen molar-refractivity contribution < 1.29 is 14.4 Å². The Labute approximate surface area is 254 Å². The van der Waals surface area contributed by atoms with Gasteiger partial charge in [0.05, 0.1) is 18.0 Å². The third-order valence-corrected chi connectivity index (χ3v) is 9.43. The van der Waals surface area contributed by atoms with Crippen LogP contribution in [0.4, 0.5) is 0 Å². The van der Waals surface area contributed by atoms with Crippen molar-refractivity contribution in [1.29, 1.82) is 5.26 Å². The molecule has 5 N–H and O–H groups in total. The summed E-state index contributed by atoms with van der Waals surface area (Å²) >= 11 is 0. The molecule has 2 fully saturated rings. The molecule has 1 saturated heterocycles. The van der Waals surface area contributed by atoms with Crippen LogP contribution in [0.1, 0.15) is 75.0 Å². The molecule has 1 saturated carbocycles. The van der Waals surface area contributed by atoms with E-state index in [0.29, 0.717) is 42.1 Å². The van der Waals surface area contributed by atoms with E-state index in [1.807, 2.05) is 31.2 Å². The topological polar surface area (TPSA) is 176 Å². The quantitative estimate of drug-likeness (QED) is 0.259. The average Bonchev–Trinajstić information content (AvgIpc) is 3.53. The zero-order valence-corrected chi connectivity index (χ0v) is 25.0. The zero-order valence-electron chi connectivity index (χ0n) is 25.0. The number of aromatic amines is 2. The number of piperidine rings is 1. The van der Waals surface area contributed by atoms with Gasteiger partial charge in [0, 0.05) is 37.3 Å². The minimum absolute atomic E-state index is 0.0701. The highest BCUT2D eigenvalue weighted by atomic mass is 16.2. The normalized spacial score (nSPS) is 21.6. The molecular weight excluding hydrogens is 560 g/mol. The number of aromatic nitrogens is 3. The fourth-order valence-corrected chi connectivity index (χ4v) is 7.28. The van der Waals surface area contributed by atoms with Crippen LogP contribution in [-0.2, 0) is 23.1 Å². The summed E-state index contributed by atoms with van der Waals surface area (Å²) in [6.45, 7) is 2.05. The Morgan fingerprint density at radius 3 is 2.18 bits per heavy atom. The first kappa shape index (κ1) is 29.3. The van der Waals surface area contributed by atoms with Gasteiger partial charge in [-0.2, -0.15) is 10.4 Å². The first-order chi connectivity index (χ1) is 21.2. The van der Waals surface area contributed by atoms with Gasteiger partial charge in [-0.1, -0.05) is 12.1 Å². The van der Waals surface area contributed by atoms with Crippen molar-refractivity contribution >= 4 is 17.7 Å². The standard InChI is InChI=1S/C32H36N8O4/c1-17(36-16-27(41)40-23(15-33)12-22-13-26(22)40)14-32(30-37-31(44)39-38-30)24-8-6-20(28(42)34-2)10-18(24)4-5-19-11-21(29(43)35-3)7-9-25(19)32/h6-11,17,22-23,26,36H,4-5,12-14,16H2,1-3H3,(H,34,42)(H,35,43)(H2,37,38,39,44)/t17-,22-,23+,26+/m1/s1. The highest BCUT2D eigenvalue weighted by Crippen LogP contribution is 2.48. The summed E-state index contributed by atoms with van der Waals surface area (Å²) in [7, 11) is 3.17. The van der Waals surface area contributed by atoms with Crippen LogP contribution in [0, 0.1) is 17.2 Å². The molecule has 0 spiro atoms. The van der Waals surface area contributed by atoms with Gasteiger partial charge in [-0.05, 0) is 91.5 Å². The van der Waals surface area contributed by atoms with Crippen molar-refractivity contribution in [2.45, 2.75) is 62.6 Å². The van der Waals surface area contributed by atoms with Crippen LogP contribution in [0.3, 0.4) is 0 Å². The fraction of sp³-hybridized carbons (Fsp3) is 0.438. The molecule has 3 aromatic rings. The Kier molecular flexibility index (Phi) is 7.59. The second kappa shape index (κ2) is 11.4. The summed E-state index contributed by atoms with van der Waals surface area (Å²) in [6, 6.07) is 12.9. The van der Waals surface area contributed by atoms with E-state index in [0.717, 1.165) is 35.1 Å². The lowest BCUT2D eigenvalue weighted by atomic mass is 9.67. The SMILES string of the molecule is CNC(=O)c1ccc2c(c1)CCc1cc(C(=O)NC)ccc1C2(C[C@@H](C)NCC(=O)N1[C@H](C#N)C[C@@H]2C[C@@H]21)c1n[nH]c(=O)[nH]1. The van der Waals surface area contributed by atoms with Crippen LogP contribution in [0.5, 0.6) is 0 Å². The van der Waals surface area contributed by atoms with E-state index >= 15 is 0 Å². The zero-order chi connectivity index (χ0) is 31.2. The molecule has 3 amide bonds. The summed E-state index contributed by atoms with van der Waals surface area (Å²) in [5.74, 6) is 0.317. The number of nitrogens with one attached hydrogen (secondary N) is 5. The van der Waals surface area contributed by atoms with Gasteiger partial charge in [0.15, 0.2) is 0 Å². The van der Waals surface area contributed by atoms with E-state index in [1.165, 1.54) is 0 Å². The van der Waals surface area contributed by atoms with E-state index in [-0.39, 0.29) is 42.4 Å². The molecule has 1 aliphatic heterocycles. The summed E-state index contributed by atoms with van der Waals surface area (Å²) in [4.78, 5) is 55.7. The third-order valence-electron chi connectivity index (χ3n) is 9.43. The monoisotopic (exact) mass is 596 g/mol. The maximum atomic E-state index is 13.3. The van der Waals surface area contributed by atoms with Crippen molar-refractivity contribution in [3.63, 3.8) is 0 Å². The second-order valence-electron chi connectivity index (χ2n) is 12.1. The minimum Gasteiger partial charge on any atom is -0.355 e. The van der Waals surface area contributed by atoms with Crippen molar-refractivity contribution in [1.82, 2.24) is 36.0 Å². The number of carbonyl (C=O) groups is 3. The molecule has 0 bridgehead atoms. The highest BCUT2D eigenvalue weighted by molar-refractivity contribution is 5.95. The number of nitriles is 1. The predicted octanol–water partition coefficient (Wildman–Crippen LogP) is 1.13. The van der Waals surface area contributed by atoms with E-state index in [9.17, 15) is 24.4 Å². The molecule has 12 heteroatoms. The number of H-pyrrole nitrogens is 2. The maximum absolute atomic E-state index is 13.3. The van der Waals surface area contributed by atoms with Crippen molar-refractivity contribution in [2.24, 2.45) is 5.92 Å². The van der Waals surface area contributed by atoms with Crippen LogP contribution < -0.4 is 21.6 Å². The lowest BCUT2D eigenvalue weighted by molar-refractivity contribution is -0.131. The van der Waals surface area contributed by atoms with Crippen molar-refractivity contribution in [2.75, 3.05) is 20.6 Å². The summed E-state index contributed by atoms with van der Waals surface area (Å²) in [6.07, 6.45) is 3.27. The lowest BCUT2D eigenvalue weighted by Crippen LogP contribution is -2.46. The maximum Gasteiger partial charge on any atom is 0.340 e. The smallest absolute Gasteiger partial charge is 0.340 e. The van der Waals surface area contributed by atoms with Gasteiger partial charge in [0.1, 0.15) is 11.9 Å². The molecule has 6 rings (SSSR count). The second-order valence-corrected chi connectivity index (χ2v) is 12.1. The van der Waals surface area contributed by atoms with Gasteiger partial charge in [0.2, 0.25) is 5.91 Å². The van der Waals surface area contributed by atoms with Gasteiger partial charge in [-0.3, -0.25) is 19.4 Å². The number of carbonyl (C=O) groups excluding carboxylic acids is 3. The molecule has 3 aliphatic rings. The van der Waals surface area contributed by atoms with Gasteiger partial charge in [-0.25, -0.2) is 9.89 Å². The summed E-state index contributed by atoms with van der Waals surface area (Å²) in [5, 5.41) is 25.3. The molecule has 44 heavy (non-hydrogen) atoms. The molecule has 228 valence electrons. The number of fused-ring (bicyclic) bond motifs is 3. The predicted molar refractivity (Wildman–Crippen MR) is 161 cm³/mol. The van der Waals surface area contributed by atoms with Gasteiger partial charge in [0.25, 0.3) is 11.8 Å². The molecule has 0 radical (unpaired) electrons.